The summed E-state index contributed by atoms with van der Waals surface area (Å²) in [4.78, 5) is 14.6. The maximum absolute atomic E-state index is 12.7. The van der Waals surface area contributed by atoms with Gasteiger partial charge < -0.3 is 5.21 Å². The summed E-state index contributed by atoms with van der Waals surface area (Å²) in [6.45, 7) is 0. The minimum atomic E-state index is -0.611. The summed E-state index contributed by atoms with van der Waals surface area (Å²) in [5.41, 5.74) is -0.184. The van der Waals surface area contributed by atoms with Crippen LogP contribution in [0.2, 0.25) is 0 Å². The number of fused-ring (bicyclic) bond motifs is 1. The number of pyridine rings is 2. The zero-order chi connectivity index (χ0) is 9.42. The van der Waals surface area contributed by atoms with E-state index in [-0.39, 0.29) is 5.52 Å². The Morgan fingerprint density at radius 2 is 2.23 bits per heavy atom. The van der Waals surface area contributed by atoms with Crippen molar-refractivity contribution in [3.63, 3.8) is 0 Å². The van der Waals surface area contributed by atoms with E-state index in [4.69, 9.17) is 0 Å². The fourth-order valence-electron chi connectivity index (χ4n) is 1.08. The maximum atomic E-state index is 12.7. The number of halogens is 1. The molecule has 2 heterocycles. The molecule has 0 bridgehead atoms. The SMILES string of the molecule is O=c1ccc2ncc(F)cc2n1O. The molecule has 0 aliphatic rings. The Morgan fingerprint density at radius 3 is 3.00 bits per heavy atom. The van der Waals surface area contributed by atoms with Crippen LogP contribution in [0.4, 0.5) is 4.39 Å². The van der Waals surface area contributed by atoms with E-state index in [1.807, 2.05) is 0 Å². The van der Waals surface area contributed by atoms with E-state index in [9.17, 15) is 14.4 Å². The Kier molecular flexibility index (Phi) is 1.51. The van der Waals surface area contributed by atoms with Gasteiger partial charge in [0.25, 0.3) is 5.56 Å². The lowest BCUT2D eigenvalue weighted by atomic mass is 10.3. The van der Waals surface area contributed by atoms with E-state index >= 15 is 0 Å². The highest BCUT2D eigenvalue weighted by atomic mass is 19.1. The molecule has 0 amide bonds. The molecule has 0 spiro atoms. The van der Waals surface area contributed by atoms with Gasteiger partial charge in [0.05, 0.1) is 11.7 Å². The lowest BCUT2D eigenvalue weighted by molar-refractivity contribution is 0.188. The van der Waals surface area contributed by atoms with Crippen LogP contribution in [0.25, 0.3) is 11.0 Å². The molecule has 2 rings (SSSR count). The molecule has 0 fully saturated rings. The molecule has 0 unspecified atom stereocenters. The van der Waals surface area contributed by atoms with Gasteiger partial charge in [-0.2, -0.15) is 0 Å². The third-order valence-electron chi connectivity index (χ3n) is 1.68. The molecular formula is C8H5FN2O2. The minimum absolute atomic E-state index is 0.0625. The molecule has 2 aromatic rings. The van der Waals surface area contributed by atoms with Crippen molar-refractivity contribution in [1.29, 1.82) is 0 Å². The van der Waals surface area contributed by atoms with Crippen molar-refractivity contribution in [3.05, 3.63) is 40.6 Å². The van der Waals surface area contributed by atoms with Crippen LogP contribution in [0.15, 0.2) is 29.2 Å². The van der Waals surface area contributed by atoms with E-state index in [1.165, 1.54) is 6.07 Å². The molecule has 66 valence electrons. The van der Waals surface area contributed by atoms with Crippen molar-refractivity contribution < 1.29 is 9.60 Å². The third kappa shape index (κ3) is 1.14. The molecule has 0 saturated carbocycles. The zero-order valence-electron chi connectivity index (χ0n) is 6.44. The summed E-state index contributed by atoms with van der Waals surface area (Å²) >= 11 is 0. The Hall–Kier alpha value is -1.91. The first-order valence-electron chi connectivity index (χ1n) is 3.55. The van der Waals surface area contributed by atoms with Gasteiger partial charge in [-0.15, -0.1) is 4.73 Å². The van der Waals surface area contributed by atoms with Gasteiger partial charge >= 0.3 is 0 Å². The Balaban J connectivity index is 2.97. The van der Waals surface area contributed by atoms with Crippen LogP contribution in [0.3, 0.4) is 0 Å². The lowest BCUT2D eigenvalue weighted by Crippen LogP contribution is -2.16. The molecule has 0 saturated heterocycles. The second-order valence-corrected chi connectivity index (χ2v) is 2.54. The molecule has 2 aromatic heterocycles. The quantitative estimate of drug-likeness (QED) is 0.609. The van der Waals surface area contributed by atoms with Crippen molar-refractivity contribution in [1.82, 2.24) is 9.71 Å². The van der Waals surface area contributed by atoms with E-state index < -0.39 is 11.4 Å². The van der Waals surface area contributed by atoms with E-state index in [0.29, 0.717) is 10.2 Å². The molecule has 5 heteroatoms. The standard InChI is InChI=1S/C8H5FN2O2/c9-5-3-7-6(10-4-5)1-2-8(12)11(7)13/h1-4,13H. The summed E-state index contributed by atoms with van der Waals surface area (Å²) in [7, 11) is 0. The van der Waals surface area contributed by atoms with Crippen LogP contribution in [0, 0.1) is 5.82 Å². The first-order chi connectivity index (χ1) is 6.18. The van der Waals surface area contributed by atoms with Crippen LogP contribution in [0.1, 0.15) is 0 Å². The first-order valence-corrected chi connectivity index (χ1v) is 3.55. The van der Waals surface area contributed by atoms with Gasteiger partial charge in [-0.05, 0) is 6.07 Å². The van der Waals surface area contributed by atoms with Crippen molar-refractivity contribution in [3.8, 4) is 0 Å². The van der Waals surface area contributed by atoms with Gasteiger partial charge in [0, 0.05) is 12.1 Å². The highest BCUT2D eigenvalue weighted by Gasteiger charge is 2.02. The van der Waals surface area contributed by atoms with Crippen molar-refractivity contribution >= 4 is 11.0 Å². The molecule has 1 N–H and O–H groups in total. The second kappa shape index (κ2) is 2.55. The van der Waals surface area contributed by atoms with E-state index in [2.05, 4.69) is 4.98 Å². The number of nitrogens with zero attached hydrogens (tertiary/aromatic N) is 2. The summed E-state index contributed by atoms with van der Waals surface area (Å²) < 4.78 is 13.0. The van der Waals surface area contributed by atoms with Gasteiger partial charge in [-0.3, -0.25) is 9.78 Å². The molecule has 0 aliphatic heterocycles. The molecule has 0 radical (unpaired) electrons. The smallest absolute Gasteiger partial charge is 0.283 e. The molecular weight excluding hydrogens is 175 g/mol. The van der Waals surface area contributed by atoms with E-state index in [1.54, 1.807) is 0 Å². The second-order valence-electron chi connectivity index (χ2n) is 2.54. The summed E-state index contributed by atoms with van der Waals surface area (Å²) in [6.07, 6.45) is 1.02. The summed E-state index contributed by atoms with van der Waals surface area (Å²) in [5.74, 6) is -0.596. The fraction of sp³-hybridized carbons (Fsp3) is 0. The van der Waals surface area contributed by atoms with Crippen LogP contribution >= 0.6 is 0 Å². The highest BCUT2D eigenvalue weighted by molar-refractivity contribution is 5.73. The van der Waals surface area contributed by atoms with Gasteiger partial charge in [-0.1, -0.05) is 0 Å². The Morgan fingerprint density at radius 1 is 1.46 bits per heavy atom. The van der Waals surface area contributed by atoms with Crippen LogP contribution in [-0.2, 0) is 0 Å². The molecule has 13 heavy (non-hydrogen) atoms. The van der Waals surface area contributed by atoms with Gasteiger partial charge in [0.1, 0.15) is 11.3 Å². The number of hydrogen-bond acceptors (Lipinski definition) is 3. The fourth-order valence-corrected chi connectivity index (χ4v) is 1.08. The average Bonchev–Trinajstić information content (AvgIpc) is 2.12. The zero-order valence-corrected chi connectivity index (χ0v) is 6.44. The summed E-state index contributed by atoms with van der Waals surface area (Å²) in [6, 6.07) is 3.63. The monoisotopic (exact) mass is 180 g/mol. The molecule has 0 aromatic carbocycles. The predicted molar refractivity (Wildman–Crippen MR) is 43.1 cm³/mol. The van der Waals surface area contributed by atoms with Crippen LogP contribution in [-0.4, -0.2) is 14.9 Å². The topological polar surface area (TPSA) is 55.1 Å². The lowest BCUT2D eigenvalue weighted by Gasteiger charge is -2.00. The first kappa shape index (κ1) is 7.72. The van der Waals surface area contributed by atoms with Gasteiger partial charge in [-0.25, -0.2) is 4.39 Å². The minimum Gasteiger partial charge on any atom is -0.425 e. The molecule has 0 atom stereocenters. The predicted octanol–water partition coefficient (Wildman–Crippen LogP) is 0.773. The highest BCUT2D eigenvalue weighted by Crippen LogP contribution is 2.08. The Bertz CT molecular complexity index is 521. The normalized spacial score (nSPS) is 10.5. The largest absolute Gasteiger partial charge is 0.425 e. The van der Waals surface area contributed by atoms with Crippen molar-refractivity contribution in [2.45, 2.75) is 0 Å². The summed E-state index contributed by atoms with van der Waals surface area (Å²) in [5, 5.41) is 9.18. The van der Waals surface area contributed by atoms with Gasteiger partial charge in [0.2, 0.25) is 0 Å². The van der Waals surface area contributed by atoms with Gasteiger partial charge in [0.15, 0.2) is 0 Å². The van der Waals surface area contributed by atoms with Crippen molar-refractivity contribution in [2.75, 3.05) is 0 Å². The third-order valence-corrected chi connectivity index (χ3v) is 1.68. The number of hydrogen-bond donors (Lipinski definition) is 1. The van der Waals surface area contributed by atoms with Crippen molar-refractivity contribution in [2.24, 2.45) is 0 Å². The van der Waals surface area contributed by atoms with Crippen LogP contribution in [0.5, 0.6) is 0 Å². The maximum Gasteiger partial charge on any atom is 0.283 e. The Labute approximate surface area is 71.8 Å². The number of aromatic nitrogens is 2. The number of rotatable bonds is 0. The molecule has 4 nitrogen and oxygen atoms in total. The van der Waals surface area contributed by atoms with Crippen LogP contribution < -0.4 is 5.56 Å². The average molecular weight is 180 g/mol. The van der Waals surface area contributed by atoms with E-state index in [0.717, 1.165) is 18.3 Å². The molecule has 0 aliphatic carbocycles.